The van der Waals surface area contributed by atoms with Crippen LogP contribution in [0.25, 0.3) is 0 Å². The van der Waals surface area contributed by atoms with Crippen LogP contribution in [0.3, 0.4) is 0 Å². The van der Waals surface area contributed by atoms with Crippen molar-refractivity contribution in [1.82, 2.24) is 4.90 Å². The van der Waals surface area contributed by atoms with Crippen LogP contribution in [-0.2, 0) is 0 Å². The van der Waals surface area contributed by atoms with Crippen molar-refractivity contribution < 1.29 is 14.3 Å². The second-order valence-corrected chi connectivity index (χ2v) is 5.55. The second kappa shape index (κ2) is 5.32. The summed E-state index contributed by atoms with van der Waals surface area (Å²) in [6.45, 7) is 3.70. The van der Waals surface area contributed by atoms with Crippen LogP contribution in [0.5, 0.6) is 11.5 Å². The average Bonchev–Trinajstić information content (AvgIpc) is 2.94. The number of carbonyl (C=O) groups excluding carboxylic acids is 1. The van der Waals surface area contributed by atoms with Crippen LogP contribution >= 0.6 is 0 Å². The Morgan fingerprint density at radius 2 is 2.15 bits per heavy atom. The van der Waals surface area contributed by atoms with Gasteiger partial charge in [-0.2, -0.15) is 0 Å². The number of hydrogen-bond acceptors (Lipinski definition) is 4. The minimum Gasteiger partial charge on any atom is -0.454 e. The third kappa shape index (κ3) is 2.33. The summed E-state index contributed by atoms with van der Waals surface area (Å²) in [5.74, 6) is 1.81. The number of nitrogens with zero attached hydrogens (tertiary/aromatic N) is 1. The Kier molecular flexibility index (Phi) is 3.53. The Labute approximate surface area is 118 Å². The predicted molar refractivity (Wildman–Crippen MR) is 74.8 cm³/mol. The standard InChI is InChI=1S/C15H20N2O3/c1-10-2-3-11(7-16)8-17(10)15(18)12-4-5-13-14(6-12)20-9-19-13/h4-6,10-11H,2-3,7-9,16H2,1H3. The Morgan fingerprint density at radius 3 is 2.95 bits per heavy atom. The van der Waals surface area contributed by atoms with Crippen LogP contribution in [0.15, 0.2) is 18.2 Å². The molecule has 3 rings (SSSR count). The predicted octanol–water partition coefficient (Wildman–Crippen LogP) is 1.61. The van der Waals surface area contributed by atoms with Gasteiger partial charge in [0.25, 0.3) is 5.91 Å². The van der Waals surface area contributed by atoms with E-state index in [1.807, 2.05) is 4.90 Å². The van der Waals surface area contributed by atoms with Crippen LogP contribution in [0.1, 0.15) is 30.1 Å². The number of hydrogen-bond donors (Lipinski definition) is 1. The molecule has 0 saturated carbocycles. The molecule has 108 valence electrons. The number of nitrogens with two attached hydrogens (primary N) is 1. The van der Waals surface area contributed by atoms with Crippen molar-refractivity contribution in [2.75, 3.05) is 19.9 Å². The van der Waals surface area contributed by atoms with E-state index in [2.05, 4.69) is 6.92 Å². The van der Waals surface area contributed by atoms with E-state index < -0.39 is 0 Å². The molecule has 2 atom stereocenters. The van der Waals surface area contributed by atoms with E-state index in [0.29, 0.717) is 29.5 Å². The maximum atomic E-state index is 12.7. The fourth-order valence-electron chi connectivity index (χ4n) is 2.85. The Morgan fingerprint density at radius 1 is 1.35 bits per heavy atom. The van der Waals surface area contributed by atoms with Crippen molar-refractivity contribution in [2.24, 2.45) is 11.7 Å². The van der Waals surface area contributed by atoms with Crippen LogP contribution in [0.4, 0.5) is 0 Å². The van der Waals surface area contributed by atoms with Gasteiger partial charge in [0.05, 0.1) is 0 Å². The molecule has 0 spiro atoms. The van der Waals surface area contributed by atoms with Gasteiger partial charge in [-0.05, 0) is 50.4 Å². The largest absolute Gasteiger partial charge is 0.454 e. The van der Waals surface area contributed by atoms with Gasteiger partial charge >= 0.3 is 0 Å². The fraction of sp³-hybridized carbons (Fsp3) is 0.533. The molecular formula is C15H20N2O3. The summed E-state index contributed by atoms with van der Waals surface area (Å²) in [7, 11) is 0. The number of piperidine rings is 1. The molecule has 1 aromatic carbocycles. The zero-order valence-electron chi connectivity index (χ0n) is 11.7. The number of fused-ring (bicyclic) bond motifs is 1. The lowest BCUT2D eigenvalue weighted by atomic mass is 9.93. The van der Waals surface area contributed by atoms with E-state index in [-0.39, 0.29) is 18.7 Å². The van der Waals surface area contributed by atoms with E-state index >= 15 is 0 Å². The van der Waals surface area contributed by atoms with Crippen molar-refractivity contribution in [1.29, 1.82) is 0 Å². The fourth-order valence-corrected chi connectivity index (χ4v) is 2.85. The van der Waals surface area contributed by atoms with Crippen LogP contribution in [-0.4, -0.2) is 36.7 Å². The van der Waals surface area contributed by atoms with E-state index in [1.54, 1.807) is 18.2 Å². The number of benzene rings is 1. The molecule has 0 bridgehead atoms. The van der Waals surface area contributed by atoms with Crippen molar-refractivity contribution >= 4 is 5.91 Å². The lowest BCUT2D eigenvalue weighted by Gasteiger charge is -2.37. The molecule has 20 heavy (non-hydrogen) atoms. The van der Waals surface area contributed by atoms with Crippen LogP contribution in [0, 0.1) is 5.92 Å². The maximum Gasteiger partial charge on any atom is 0.254 e. The number of amides is 1. The summed E-state index contributed by atoms with van der Waals surface area (Å²) >= 11 is 0. The first kappa shape index (κ1) is 13.2. The lowest BCUT2D eigenvalue weighted by molar-refractivity contribution is 0.0566. The zero-order chi connectivity index (χ0) is 14.1. The van der Waals surface area contributed by atoms with Gasteiger partial charge in [0, 0.05) is 18.2 Å². The molecule has 2 unspecified atom stereocenters. The van der Waals surface area contributed by atoms with E-state index in [1.165, 1.54) is 0 Å². The van der Waals surface area contributed by atoms with Gasteiger partial charge in [-0.15, -0.1) is 0 Å². The maximum absolute atomic E-state index is 12.7. The molecule has 1 fully saturated rings. The first-order chi connectivity index (χ1) is 9.69. The molecule has 2 N–H and O–H groups in total. The highest BCUT2D eigenvalue weighted by Crippen LogP contribution is 2.33. The van der Waals surface area contributed by atoms with Crippen molar-refractivity contribution in [2.45, 2.75) is 25.8 Å². The molecule has 0 aromatic heterocycles. The minimum atomic E-state index is 0.0500. The summed E-state index contributed by atoms with van der Waals surface area (Å²) in [5.41, 5.74) is 6.40. The molecule has 2 heterocycles. The summed E-state index contributed by atoms with van der Waals surface area (Å²) in [4.78, 5) is 14.6. The van der Waals surface area contributed by atoms with Gasteiger partial charge in [-0.3, -0.25) is 4.79 Å². The highest BCUT2D eigenvalue weighted by Gasteiger charge is 2.29. The average molecular weight is 276 g/mol. The SMILES string of the molecule is CC1CCC(CN)CN1C(=O)c1ccc2c(c1)OCO2. The van der Waals surface area contributed by atoms with Crippen LogP contribution in [0.2, 0.25) is 0 Å². The van der Waals surface area contributed by atoms with Gasteiger partial charge < -0.3 is 20.1 Å². The first-order valence-corrected chi connectivity index (χ1v) is 7.09. The second-order valence-electron chi connectivity index (χ2n) is 5.55. The van der Waals surface area contributed by atoms with E-state index in [9.17, 15) is 4.79 Å². The van der Waals surface area contributed by atoms with E-state index in [0.717, 1.165) is 19.4 Å². The third-order valence-corrected chi connectivity index (χ3v) is 4.19. The first-order valence-electron chi connectivity index (χ1n) is 7.09. The molecule has 5 nitrogen and oxygen atoms in total. The molecule has 2 aliphatic rings. The van der Waals surface area contributed by atoms with Gasteiger partial charge in [-0.25, -0.2) is 0 Å². The molecule has 1 saturated heterocycles. The van der Waals surface area contributed by atoms with Crippen molar-refractivity contribution in [3.05, 3.63) is 23.8 Å². The number of rotatable bonds is 2. The molecule has 0 aliphatic carbocycles. The quantitative estimate of drug-likeness (QED) is 0.891. The molecular weight excluding hydrogens is 256 g/mol. The minimum absolute atomic E-state index is 0.0500. The number of ether oxygens (including phenoxy) is 2. The summed E-state index contributed by atoms with van der Waals surface area (Å²) < 4.78 is 10.6. The smallest absolute Gasteiger partial charge is 0.254 e. The number of carbonyl (C=O) groups is 1. The van der Waals surface area contributed by atoms with Gasteiger partial charge in [-0.1, -0.05) is 0 Å². The third-order valence-electron chi connectivity index (χ3n) is 4.19. The molecule has 1 amide bonds. The van der Waals surface area contributed by atoms with Crippen molar-refractivity contribution in [3.63, 3.8) is 0 Å². The Hall–Kier alpha value is -1.75. The van der Waals surface area contributed by atoms with Crippen LogP contribution < -0.4 is 15.2 Å². The molecule has 2 aliphatic heterocycles. The molecule has 1 aromatic rings. The highest BCUT2D eigenvalue weighted by molar-refractivity contribution is 5.95. The van der Waals surface area contributed by atoms with Crippen molar-refractivity contribution in [3.8, 4) is 11.5 Å². The normalized spacial score (nSPS) is 24.8. The molecule has 0 radical (unpaired) electrons. The Bertz CT molecular complexity index is 518. The zero-order valence-corrected chi connectivity index (χ0v) is 11.7. The summed E-state index contributed by atoms with van der Waals surface area (Å²) in [6, 6.07) is 5.62. The van der Waals surface area contributed by atoms with E-state index in [4.69, 9.17) is 15.2 Å². The Balaban J connectivity index is 1.80. The summed E-state index contributed by atoms with van der Waals surface area (Å²) in [5, 5.41) is 0. The highest BCUT2D eigenvalue weighted by atomic mass is 16.7. The van der Waals surface area contributed by atoms with Gasteiger partial charge in [0.2, 0.25) is 6.79 Å². The topological polar surface area (TPSA) is 64.8 Å². The van der Waals surface area contributed by atoms with Gasteiger partial charge in [0.1, 0.15) is 0 Å². The monoisotopic (exact) mass is 276 g/mol. The van der Waals surface area contributed by atoms with Gasteiger partial charge in [0.15, 0.2) is 11.5 Å². The number of likely N-dealkylation sites (tertiary alicyclic amines) is 1. The summed E-state index contributed by atoms with van der Waals surface area (Å²) in [6.07, 6.45) is 2.11. The lowest BCUT2D eigenvalue weighted by Crippen LogP contribution is -2.47. The molecule has 5 heteroatoms.